The largest absolute Gasteiger partial charge is 0.465 e. The molecule has 6 heteroatoms. The summed E-state index contributed by atoms with van der Waals surface area (Å²) in [6.45, 7) is 6.37. The Hall–Kier alpha value is -1.72. The Labute approximate surface area is 112 Å². The van der Waals surface area contributed by atoms with Gasteiger partial charge in [-0.25, -0.2) is 14.4 Å². The van der Waals surface area contributed by atoms with Gasteiger partial charge in [-0.1, -0.05) is 13.8 Å². The van der Waals surface area contributed by atoms with E-state index in [2.05, 4.69) is 9.97 Å². The number of hydrogen-bond donors (Lipinski definition) is 0. The van der Waals surface area contributed by atoms with Gasteiger partial charge < -0.3 is 9.64 Å². The molecular weight excluding hydrogens is 249 g/mol. The van der Waals surface area contributed by atoms with Gasteiger partial charge in [-0.2, -0.15) is 0 Å². The molecule has 1 aromatic heterocycles. The van der Waals surface area contributed by atoms with Crippen LogP contribution in [0.1, 0.15) is 32.9 Å². The molecule has 0 N–H and O–H groups in total. The highest BCUT2D eigenvalue weighted by atomic mass is 19.1. The number of hydrogen-bond acceptors (Lipinski definition) is 5. The topological polar surface area (TPSA) is 55.3 Å². The predicted molar refractivity (Wildman–Crippen MR) is 70.5 cm³/mol. The molecule has 19 heavy (non-hydrogen) atoms. The summed E-state index contributed by atoms with van der Waals surface area (Å²) in [4.78, 5) is 21.0. The predicted octanol–water partition coefficient (Wildman–Crippen LogP) is 1.96. The van der Waals surface area contributed by atoms with Gasteiger partial charge in [0.1, 0.15) is 12.9 Å². The van der Waals surface area contributed by atoms with Crippen molar-refractivity contribution in [3.05, 3.63) is 17.8 Å². The molecule has 0 unspecified atom stereocenters. The van der Waals surface area contributed by atoms with Crippen molar-refractivity contribution in [2.75, 3.05) is 24.6 Å². The second-order valence-electron chi connectivity index (χ2n) is 4.04. The van der Waals surface area contributed by atoms with Crippen molar-refractivity contribution in [2.24, 2.45) is 0 Å². The van der Waals surface area contributed by atoms with E-state index < -0.39 is 5.82 Å². The number of anilines is 1. The van der Waals surface area contributed by atoms with Crippen LogP contribution in [0.25, 0.3) is 0 Å². The Bertz CT molecular complexity index is 426. The number of aromatic nitrogens is 2. The summed E-state index contributed by atoms with van der Waals surface area (Å²) in [7, 11) is 0. The van der Waals surface area contributed by atoms with Crippen LogP contribution in [0.2, 0.25) is 0 Å². The first kappa shape index (κ1) is 15.3. The monoisotopic (exact) mass is 269 g/mol. The summed E-state index contributed by atoms with van der Waals surface area (Å²) >= 11 is 0. The maximum atomic E-state index is 14.2. The Balaban J connectivity index is 2.95. The van der Waals surface area contributed by atoms with Gasteiger partial charge in [-0.3, -0.25) is 4.79 Å². The van der Waals surface area contributed by atoms with E-state index in [0.29, 0.717) is 25.3 Å². The molecule has 0 aliphatic carbocycles. The van der Waals surface area contributed by atoms with Crippen molar-refractivity contribution in [1.82, 2.24) is 9.97 Å². The van der Waals surface area contributed by atoms with Crippen LogP contribution in [0.15, 0.2) is 6.33 Å². The second kappa shape index (κ2) is 7.66. The van der Waals surface area contributed by atoms with E-state index >= 15 is 0 Å². The molecule has 0 atom stereocenters. The smallest absolute Gasteiger partial charge is 0.325 e. The third kappa shape index (κ3) is 4.15. The first-order chi connectivity index (χ1) is 9.13. The van der Waals surface area contributed by atoms with Crippen molar-refractivity contribution in [2.45, 2.75) is 33.6 Å². The highest BCUT2D eigenvalue weighted by Gasteiger charge is 2.19. The van der Waals surface area contributed by atoms with Crippen molar-refractivity contribution in [1.29, 1.82) is 0 Å². The summed E-state index contributed by atoms with van der Waals surface area (Å²) in [5, 5.41) is 0. The summed E-state index contributed by atoms with van der Waals surface area (Å²) in [6.07, 6.45) is 2.59. The van der Waals surface area contributed by atoms with Crippen molar-refractivity contribution >= 4 is 11.8 Å². The summed E-state index contributed by atoms with van der Waals surface area (Å²) in [5.74, 6) is -0.670. The number of carbonyl (C=O) groups is 1. The van der Waals surface area contributed by atoms with E-state index in [9.17, 15) is 9.18 Å². The fraction of sp³-hybridized carbons (Fsp3) is 0.615. The molecule has 1 heterocycles. The minimum absolute atomic E-state index is 0.00122. The van der Waals surface area contributed by atoms with E-state index in [1.807, 2.05) is 13.8 Å². The van der Waals surface area contributed by atoms with Crippen molar-refractivity contribution < 1.29 is 13.9 Å². The third-order valence-electron chi connectivity index (χ3n) is 2.60. The Morgan fingerprint density at radius 3 is 2.68 bits per heavy atom. The van der Waals surface area contributed by atoms with E-state index in [-0.39, 0.29) is 18.3 Å². The van der Waals surface area contributed by atoms with E-state index in [1.54, 1.807) is 11.8 Å². The van der Waals surface area contributed by atoms with Gasteiger partial charge in [0, 0.05) is 6.54 Å². The highest BCUT2D eigenvalue weighted by Crippen LogP contribution is 2.18. The van der Waals surface area contributed by atoms with Crippen LogP contribution in [-0.2, 0) is 16.0 Å². The van der Waals surface area contributed by atoms with Crippen LogP contribution in [-0.4, -0.2) is 35.6 Å². The van der Waals surface area contributed by atoms with Crippen LogP contribution in [0.3, 0.4) is 0 Å². The molecule has 0 radical (unpaired) electrons. The van der Waals surface area contributed by atoms with E-state index in [0.717, 1.165) is 6.42 Å². The molecule has 0 spiro atoms. The quantitative estimate of drug-likeness (QED) is 0.708. The highest BCUT2D eigenvalue weighted by molar-refractivity contribution is 5.75. The van der Waals surface area contributed by atoms with Crippen LogP contribution in [0.4, 0.5) is 10.2 Å². The van der Waals surface area contributed by atoms with Crippen LogP contribution in [0, 0.1) is 5.82 Å². The average molecular weight is 269 g/mol. The molecule has 0 aliphatic rings. The fourth-order valence-electron chi connectivity index (χ4n) is 1.75. The Kier molecular flexibility index (Phi) is 6.18. The number of carbonyl (C=O) groups excluding carboxylic acids is 1. The number of halogens is 1. The van der Waals surface area contributed by atoms with Crippen molar-refractivity contribution in [3.8, 4) is 0 Å². The minimum Gasteiger partial charge on any atom is -0.465 e. The summed E-state index contributed by atoms with van der Waals surface area (Å²) < 4.78 is 19.1. The molecule has 0 saturated heterocycles. The number of ether oxygens (including phenoxy) is 1. The first-order valence-electron chi connectivity index (χ1n) is 6.53. The molecule has 0 aliphatic heterocycles. The lowest BCUT2D eigenvalue weighted by atomic mass is 10.3. The minimum atomic E-state index is -0.456. The number of esters is 1. The molecule has 106 valence electrons. The molecule has 0 aromatic carbocycles. The molecule has 1 rings (SSSR count). The zero-order chi connectivity index (χ0) is 14.3. The molecule has 0 bridgehead atoms. The Morgan fingerprint density at radius 2 is 2.11 bits per heavy atom. The lowest BCUT2D eigenvalue weighted by molar-refractivity contribution is -0.141. The average Bonchev–Trinajstić information content (AvgIpc) is 2.39. The molecule has 0 fully saturated rings. The molecule has 1 aromatic rings. The number of nitrogens with zero attached hydrogens (tertiary/aromatic N) is 3. The number of rotatable bonds is 7. The normalized spacial score (nSPS) is 10.3. The van der Waals surface area contributed by atoms with Gasteiger partial charge in [0.05, 0.1) is 12.3 Å². The Morgan fingerprint density at radius 1 is 1.37 bits per heavy atom. The van der Waals surface area contributed by atoms with Gasteiger partial charge >= 0.3 is 5.97 Å². The SMILES string of the molecule is CCCN(CC(=O)OCC)c1ncnc(CC)c1F. The summed E-state index contributed by atoms with van der Waals surface area (Å²) in [6, 6.07) is 0. The lowest BCUT2D eigenvalue weighted by Gasteiger charge is -2.22. The van der Waals surface area contributed by atoms with Crippen LogP contribution < -0.4 is 4.90 Å². The van der Waals surface area contributed by atoms with Gasteiger partial charge in [-0.05, 0) is 19.8 Å². The van der Waals surface area contributed by atoms with Crippen molar-refractivity contribution in [3.63, 3.8) is 0 Å². The molecule has 0 amide bonds. The molecular formula is C13H20FN3O2. The van der Waals surface area contributed by atoms with Gasteiger partial charge in [0.2, 0.25) is 0 Å². The second-order valence-corrected chi connectivity index (χ2v) is 4.04. The zero-order valence-electron chi connectivity index (χ0n) is 11.6. The first-order valence-corrected chi connectivity index (χ1v) is 6.53. The number of aryl methyl sites for hydroxylation is 1. The zero-order valence-corrected chi connectivity index (χ0v) is 11.6. The standard InChI is InChI=1S/C13H20FN3O2/c1-4-7-17(8-11(18)19-6-3)13-12(14)10(5-2)15-9-16-13/h9H,4-8H2,1-3H3. The van der Waals surface area contributed by atoms with Crippen LogP contribution >= 0.6 is 0 Å². The maximum absolute atomic E-state index is 14.2. The maximum Gasteiger partial charge on any atom is 0.325 e. The van der Waals surface area contributed by atoms with E-state index in [4.69, 9.17) is 4.74 Å². The fourth-order valence-corrected chi connectivity index (χ4v) is 1.75. The van der Waals surface area contributed by atoms with E-state index in [1.165, 1.54) is 6.33 Å². The van der Waals surface area contributed by atoms with Gasteiger partial charge in [0.25, 0.3) is 0 Å². The molecule has 0 saturated carbocycles. The summed E-state index contributed by atoms with van der Waals surface area (Å²) in [5.41, 5.74) is 0.356. The van der Waals surface area contributed by atoms with Gasteiger partial charge in [-0.15, -0.1) is 0 Å². The van der Waals surface area contributed by atoms with Gasteiger partial charge in [0.15, 0.2) is 11.6 Å². The lowest BCUT2D eigenvalue weighted by Crippen LogP contribution is -2.33. The third-order valence-corrected chi connectivity index (χ3v) is 2.60. The molecule has 5 nitrogen and oxygen atoms in total. The van der Waals surface area contributed by atoms with Crippen LogP contribution in [0.5, 0.6) is 0 Å².